The molecular formula is C19H25ClN6O. The summed E-state index contributed by atoms with van der Waals surface area (Å²) >= 11 is 6.18. The van der Waals surface area contributed by atoms with Crippen LogP contribution in [0.25, 0.3) is 0 Å². The van der Waals surface area contributed by atoms with Crippen LogP contribution in [0.3, 0.4) is 0 Å². The molecule has 0 unspecified atom stereocenters. The lowest BCUT2D eigenvalue weighted by molar-refractivity contribution is 0.0815. The number of aryl methyl sites for hydroxylation is 1. The van der Waals surface area contributed by atoms with Crippen molar-refractivity contribution in [3.05, 3.63) is 46.1 Å². The van der Waals surface area contributed by atoms with E-state index < -0.39 is 0 Å². The van der Waals surface area contributed by atoms with E-state index in [0.717, 1.165) is 42.1 Å². The molecule has 1 amide bonds. The van der Waals surface area contributed by atoms with Crippen LogP contribution in [0.4, 0.5) is 5.82 Å². The summed E-state index contributed by atoms with van der Waals surface area (Å²) in [6.07, 6.45) is 4.41. The van der Waals surface area contributed by atoms with Gasteiger partial charge >= 0.3 is 0 Å². The summed E-state index contributed by atoms with van der Waals surface area (Å²) in [4.78, 5) is 29.0. The highest BCUT2D eigenvalue weighted by Gasteiger charge is 2.26. The Labute approximate surface area is 164 Å². The fourth-order valence-corrected chi connectivity index (χ4v) is 3.32. The Balaban J connectivity index is 1.71. The van der Waals surface area contributed by atoms with Crippen molar-refractivity contribution in [1.29, 1.82) is 0 Å². The summed E-state index contributed by atoms with van der Waals surface area (Å²) < 4.78 is 0. The van der Waals surface area contributed by atoms with Gasteiger partial charge in [0.2, 0.25) is 5.82 Å². The normalized spacial score (nSPS) is 16.6. The number of hydrogen-bond donors (Lipinski definition) is 1. The first-order chi connectivity index (χ1) is 12.9. The first-order valence-electron chi connectivity index (χ1n) is 9.00. The van der Waals surface area contributed by atoms with Crippen LogP contribution in [0, 0.1) is 13.8 Å². The molecule has 0 saturated carbocycles. The molecule has 2 aromatic heterocycles. The average Bonchev–Trinajstić information content (AvgIpc) is 3.11. The summed E-state index contributed by atoms with van der Waals surface area (Å²) in [5, 5.41) is 4.23. The van der Waals surface area contributed by atoms with E-state index in [4.69, 9.17) is 11.6 Å². The maximum absolute atomic E-state index is 12.3. The molecule has 2 aromatic rings. The van der Waals surface area contributed by atoms with Crippen LogP contribution in [-0.4, -0.2) is 59.0 Å². The Hall–Kier alpha value is -2.25. The fraction of sp³-hybridized carbons (Fsp3) is 0.474. The third-order valence-electron chi connectivity index (χ3n) is 4.89. The predicted octanol–water partition coefficient (Wildman–Crippen LogP) is 2.21. The minimum absolute atomic E-state index is 0.180. The van der Waals surface area contributed by atoms with Crippen LogP contribution in [0.15, 0.2) is 18.5 Å². The van der Waals surface area contributed by atoms with Gasteiger partial charge in [0.15, 0.2) is 0 Å². The molecule has 1 atom stereocenters. The van der Waals surface area contributed by atoms with Gasteiger partial charge in [-0.1, -0.05) is 11.6 Å². The van der Waals surface area contributed by atoms with Crippen LogP contribution in [0.5, 0.6) is 0 Å². The van der Waals surface area contributed by atoms with Gasteiger partial charge in [-0.15, -0.1) is 0 Å². The molecule has 1 aliphatic heterocycles. The maximum Gasteiger partial charge on any atom is 0.291 e. The Kier molecular flexibility index (Phi) is 5.92. The topological polar surface area (TPSA) is 74.2 Å². The summed E-state index contributed by atoms with van der Waals surface area (Å²) in [6.45, 7) is 6.34. The number of amides is 1. The number of carbonyl (C=O) groups is 1. The van der Waals surface area contributed by atoms with Gasteiger partial charge in [0.25, 0.3) is 5.91 Å². The van der Waals surface area contributed by atoms with Crippen LogP contribution >= 0.6 is 11.6 Å². The van der Waals surface area contributed by atoms with Gasteiger partial charge in [-0.25, -0.2) is 9.97 Å². The van der Waals surface area contributed by atoms with Gasteiger partial charge in [0, 0.05) is 63.4 Å². The second-order valence-corrected chi connectivity index (χ2v) is 7.47. The molecular weight excluding hydrogens is 364 g/mol. The van der Waals surface area contributed by atoms with E-state index in [2.05, 4.69) is 25.2 Å². The zero-order valence-corrected chi connectivity index (χ0v) is 16.9. The largest absolute Gasteiger partial charge is 0.355 e. The van der Waals surface area contributed by atoms with Crippen molar-refractivity contribution in [3.63, 3.8) is 0 Å². The standard InChI is InChI=1S/C19H25ClN6O/c1-12-13(2)23-17(19(27)25(3)4)24-18(12)26-8-6-15(11-26)22-9-14-5-7-21-10-16(14)20/h5,7,10,15,22H,6,8-9,11H2,1-4H3/t15-/m1/s1. The van der Waals surface area contributed by atoms with Crippen molar-refractivity contribution in [3.8, 4) is 0 Å². The van der Waals surface area contributed by atoms with Crippen LogP contribution < -0.4 is 10.2 Å². The van der Waals surface area contributed by atoms with E-state index >= 15 is 0 Å². The highest BCUT2D eigenvalue weighted by molar-refractivity contribution is 6.31. The molecule has 0 aromatic carbocycles. The summed E-state index contributed by atoms with van der Waals surface area (Å²) in [5.41, 5.74) is 2.89. The molecule has 144 valence electrons. The second-order valence-electron chi connectivity index (χ2n) is 7.06. The summed E-state index contributed by atoms with van der Waals surface area (Å²) in [6, 6.07) is 2.26. The molecule has 1 saturated heterocycles. The zero-order valence-electron chi connectivity index (χ0n) is 16.2. The molecule has 8 heteroatoms. The number of aromatic nitrogens is 3. The van der Waals surface area contributed by atoms with E-state index in [0.29, 0.717) is 17.6 Å². The van der Waals surface area contributed by atoms with Crippen molar-refractivity contribution in [2.75, 3.05) is 32.1 Å². The van der Waals surface area contributed by atoms with Crippen molar-refractivity contribution in [2.45, 2.75) is 32.9 Å². The molecule has 3 rings (SSSR count). The van der Waals surface area contributed by atoms with E-state index in [-0.39, 0.29) is 11.7 Å². The highest BCUT2D eigenvalue weighted by Crippen LogP contribution is 2.24. The lowest BCUT2D eigenvalue weighted by Crippen LogP contribution is -2.33. The molecule has 1 aliphatic rings. The quantitative estimate of drug-likeness (QED) is 0.846. The van der Waals surface area contributed by atoms with Gasteiger partial charge in [0.05, 0.1) is 5.02 Å². The number of pyridine rings is 1. The number of anilines is 1. The minimum atomic E-state index is -0.180. The number of nitrogens with one attached hydrogen (secondary N) is 1. The highest BCUT2D eigenvalue weighted by atomic mass is 35.5. The molecule has 1 fully saturated rings. The van der Waals surface area contributed by atoms with Gasteiger partial charge in [-0.2, -0.15) is 0 Å². The van der Waals surface area contributed by atoms with E-state index in [1.54, 1.807) is 26.5 Å². The van der Waals surface area contributed by atoms with Crippen molar-refractivity contribution in [2.24, 2.45) is 0 Å². The maximum atomic E-state index is 12.3. The molecule has 0 spiro atoms. The summed E-state index contributed by atoms with van der Waals surface area (Å²) in [7, 11) is 3.42. The minimum Gasteiger partial charge on any atom is -0.355 e. The van der Waals surface area contributed by atoms with Crippen LogP contribution in [0.2, 0.25) is 5.02 Å². The first kappa shape index (κ1) is 19.5. The molecule has 0 radical (unpaired) electrons. The summed E-state index contributed by atoms with van der Waals surface area (Å²) in [5.74, 6) is 0.914. The molecule has 27 heavy (non-hydrogen) atoms. The third kappa shape index (κ3) is 4.36. The smallest absolute Gasteiger partial charge is 0.291 e. The first-order valence-corrected chi connectivity index (χ1v) is 9.38. The molecule has 0 bridgehead atoms. The monoisotopic (exact) mass is 388 g/mol. The van der Waals surface area contributed by atoms with Gasteiger partial charge in [-0.3, -0.25) is 9.78 Å². The zero-order chi connectivity index (χ0) is 19.6. The molecule has 3 heterocycles. The van der Waals surface area contributed by atoms with Gasteiger partial charge in [-0.05, 0) is 31.9 Å². The Morgan fingerprint density at radius 1 is 1.37 bits per heavy atom. The van der Waals surface area contributed by atoms with Crippen molar-refractivity contribution < 1.29 is 4.79 Å². The SMILES string of the molecule is Cc1nc(C(=O)N(C)C)nc(N2CC[C@@H](NCc3ccncc3Cl)C2)c1C. The predicted molar refractivity (Wildman–Crippen MR) is 106 cm³/mol. The van der Waals surface area contributed by atoms with E-state index in [1.807, 2.05) is 19.9 Å². The number of carbonyl (C=O) groups excluding carboxylic acids is 1. The number of rotatable bonds is 5. The molecule has 7 nitrogen and oxygen atoms in total. The fourth-order valence-electron chi connectivity index (χ4n) is 3.14. The van der Waals surface area contributed by atoms with E-state index in [9.17, 15) is 4.79 Å². The number of nitrogens with zero attached hydrogens (tertiary/aromatic N) is 5. The number of hydrogen-bond acceptors (Lipinski definition) is 6. The van der Waals surface area contributed by atoms with Crippen molar-refractivity contribution in [1.82, 2.24) is 25.2 Å². The average molecular weight is 389 g/mol. The van der Waals surface area contributed by atoms with Gasteiger partial charge < -0.3 is 15.1 Å². The number of halogens is 1. The third-order valence-corrected chi connectivity index (χ3v) is 5.23. The Morgan fingerprint density at radius 2 is 2.15 bits per heavy atom. The lowest BCUT2D eigenvalue weighted by atomic mass is 10.2. The lowest BCUT2D eigenvalue weighted by Gasteiger charge is -2.22. The van der Waals surface area contributed by atoms with Crippen molar-refractivity contribution >= 4 is 23.3 Å². The second kappa shape index (κ2) is 8.19. The van der Waals surface area contributed by atoms with Crippen LogP contribution in [-0.2, 0) is 6.54 Å². The molecule has 0 aliphatic carbocycles. The van der Waals surface area contributed by atoms with E-state index in [1.165, 1.54) is 4.90 Å². The Morgan fingerprint density at radius 3 is 2.85 bits per heavy atom. The molecule has 1 N–H and O–H groups in total. The van der Waals surface area contributed by atoms with Gasteiger partial charge in [0.1, 0.15) is 5.82 Å². The van der Waals surface area contributed by atoms with Crippen LogP contribution in [0.1, 0.15) is 33.9 Å². The Bertz CT molecular complexity index is 841.